The molecule has 1 aromatic carbocycles. The molecule has 0 saturated heterocycles. The number of hydrogen-bond acceptors (Lipinski definition) is 5. The smallest absolute Gasteiger partial charge is 0.339 e. The van der Waals surface area contributed by atoms with Gasteiger partial charge in [0, 0.05) is 29.0 Å². The highest BCUT2D eigenvalue weighted by Gasteiger charge is 2.38. The van der Waals surface area contributed by atoms with Gasteiger partial charge in [-0.1, -0.05) is 13.3 Å². The minimum atomic E-state index is -5.01. The minimum Gasteiger partial charge on any atom is -0.339 e. The number of benzene rings is 1. The third-order valence-corrected chi connectivity index (χ3v) is 5.92. The van der Waals surface area contributed by atoms with Crippen LogP contribution in [-0.2, 0) is 18.8 Å². The van der Waals surface area contributed by atoms with Crippen LogP contribution >= 0.6 is 11.3 Å². The van der Waals surface area contributed by atoms with Crippen molar-refractivity contribution in [3.63, 3.8) is 0 Å². The van der Waals surface area contributed by atoms with Crippen LogP contribution in [0.3, 0.4) is 0 Å². The van der Waals surface area contributed by atoms with Crippen molar-refractivity contribution in [1.82, 2.24) is 19.7 Å². The van der Waals surface area contributed by atoms with Crippen molar-refractivity contribution in [2.75, 3.05) is 5.32 Å². The summed E-state index contributed by atoms with van der Waals surface area (Å²) in [4.78, 5) is 8.60. The molecule has 0 unspecified atom stereocenters. The molecular weight excluding hydrogens is 492 g/mol. The number of aryl methyl sites for hydroxylation is 1. The van der Waals surface area contributed by atoms with Crippen molar-refractivity contribution in [2.24, 2.45) is 0 Å². The number of aromatic nitrogens is 4. The molecule has 3 aromatic heterocycles. The Bertz CT molecular complexity index is 1330. The second kappa shape index (κ2) is 9.33. The van der Waals surface area contributed by atoms with Gasteiger partial charge in [0.05, 0.1) is 22.5 Å². The van der Waals surface area contributed by atoms with E-state index in [1.165, 1.54) is 11.3 Å². The third kappa shape index (κ3) is 5.31. The summed E-state index contributed by atoms with van der Waals surface area (Å²) in [5, 5.41) is 9.73. The fraction of sp³-hybridized carbons (Fsp3) is 0.261. The van der Waals surface area contributed by atoms with Crippen LogP contribution in [0.5, 0.6) is 0 Å². The van der Waals surface area contributed by atoms with E-state index in [4.69, 9.17) is 0 Å². The van der Waals surface area contributed by atoms with Gasteiger partial charge < -0.3 is 5.32 Å². The topological polar surface area (TPSA) is 55.6 Å². The molecule has 0 saturated carbocycles. The lowest BCUT2D eigenvalue weighted by atomic mass is 10.1. The molecule has 0 radical (unpaired) electrons. The SMILES string of the molecule is CCCc1c(-n2ccc(-c3nccs3)n2)cc(C)nc1Nc1ccc(C(F)(F)F)cc1C(F)(F)F. The number of halogens is 6. The van der Waals surface area contributed by atoms with E-state index in [0.717, 1.165) is 6.07 Å². The lowest BCUT2D eigenvalue weighted by Crippen LogP contribution is -2.14. The summed E-state index contributed by atoms with van der Waals surface area (Å²) in [6.45, 7) is 3.57. The Kier molecular flexibility index (Phi) is 6.58. The number of nitrogens with zero attached hydrogens (tertiary/aromatic N) is 4. The second-order valence-electron chi connectivity index (χ2n) is 7.72. The van der Waals surface area contributed by atoms with Crippen molar-refractivity contribution < 1.29 is 26.3 Å². The van der Waals surface area contributed by atoms with Crippen LogP contribution < -0.4 is 5.32 Å². The maximum absolute atomic E-state index is 13.7. The van der Waals surface area contributed by atoms with Crippen molar-refractivity contribution >= 4 is 22.8 Å². The molecule has 0 aliphatic carbocycles. The van der Waals surface area contributed by atoms with E-state index in [9.17, 15) is 26.3 Å². The van der Waals surface area contributed by atoms with Gasteiger partial charge in [0.1, 0.15) is 16.5 Å². The highest BCUT2D eigenvalue weighted by Crippen LogP contribution is 2.41. The molecule has 0 atom stereocenters. The van der Waals surface area contributed by atoms with E-state index in [1.54, 1.807) is 36.1 Å². The van der Waals surface area contributed by atoms with Gasteiger partial charge in [-0.15, -0.1) is 11.3 Å². The molecule has 35 heavy (non-hydrogen) atoms. The predicted octanol–water partition coefficient (Wildman–Crippen LogP) is 7.43. The van der Waals surface area contributed by atoms with E-state index in [-0.39, 0.29) is 11.9 Å². The van der Waals surface area contributed by atoms with Crippen molar-refractivity contribution in [3.05, 3.63) is 70.5 Å². The number of alkyl halides is 6. The Morgan fingerprint density at radius 3 is 2.43 bits per heavy atom. The minimum absolute atomic E-state index is 0.104. The second-order valence-corrected chi connectivity index (χ2v) is 8.62. The van der Waals surface area contributed by atoms with E-state index < -0.39 is 29.2 Å². The molecule has 0 spiro atoms. The Morgan fingerprint density at radius 1 is 1.03 bits per heavy atom. The van der Waals surface area contributed by atoms with Crippen molar-refractivity contribution in [2.45, 2.75) is 39.0 Å². The Morgan fingerprint density at radius 2 is 1.80 bits per heavy atom. The lowest BCUT2D eigenvalue weighted by Gasteiger charge is -2.20. The summed E-state index contributed by atoms with van der Waals surface area (Å²) in [6, 6.07) is 5.02. The van der Waals surface area contributed by atoms with Gasteiger partial charge in [-0.25, -0.2) is 14.6 Å². The number of pyridine rings is 1. The van der Waals surface area contributed by atoms with Crippen LogP contribution in [0.4, 0.5) is 37.8 Å². The number of hydrogen-bond donors (Lipinski definition) is 1. The molecule has 4 aromatic rings. The largest absolute Gasteiger partial charge is 0.418 e. The molecular formula is C23H19F6N5S. The fourth-order valence-electron chi connectivity index (χ4n) is 3.60. The highest BCUT2D eigenvalue weighted by molar-refractivity contribution is 7.13. The third-order valence-electron chi connectivity index (χ3n) is 5.12. The van der Waals surface area contributed by atoms with Gasteiger partial charge in [-0.3, -0.25) is 0 Å². The number of thiazole rings is 1. The summed E-state index contributed by atoms with van der Waals surface area (Å²) in [7, 11) is 0. The summed E-state index contributed by atoms with van der Waals surface area (Å²) in [5.74, 6) is 0.124. The average molecular weight is 511 g/mol. The molecule has 3 heterocycles. The Labute approximate surface area is 200 Å². The first kappa shape index (κ1) is 24.7. The molecule has 0 aliphatic heterocycles. The maximum Gasteiger partial charge on any atom is 0.418 e. The maximum atomic E-state index is 13.7. The van der Waals surface area contributed by atoms with Crippen LogP contribution in [0, 0.1) is 6.92 Å². The van der Waals surface area contributed by atoms with Gasteiger partial charge in [0.25, 0.3) is 0 Å². The molecule has 4 rings (SSSR count). The molecule has 0 fully saturated rings. The van der Waals surface area contributed by atoms with Crippen LogP contribution in [0.1, 0.15) is 35.7 Å². The standard InChI is InChI=1S/C23H19F6N5S/c1-3-4-15-19(34-9-7-18(33-34)21-30-8-10-35-21)11-13(2)31-20(15)32-17-6-5-14(22(24,25)26)12-16(17)23(27,28)29/h5-12H,3-4H2,1-2H3,(H,31,32). The Balaban J connectivity index is 1.81. The van der Waals surface area contributed by atoms with E-state index in [1.807, 2.05) is 12.3 Å². The van der Waals surface area contributed by atoms with Crippen LogP contribution in [-0.4, -0.2) is 19.7 Å². The van der Waals surface area contributed by atoms with Crippen LogP contribution in [0.25, 0.3) is 16.4 Å². The predicted molar refractivity (Wildman–Crippen MR) is 121 cm³/mol. The zero-order valence-corrected chi connectivity index (χ0v) is 19.3. The first-order chi connectivity index (χ1) is 16.5. The Hall–Kier alpha value is -3.41. The van der Waals surface area contributed by atoms with Gasteiger partial charge in [-0.05, 0) is 43.7 Å². The number of nitrogens with one attached hydrogen (secondary N) is 1. The number of anilines is 2. The van der Waals surface area contributed by atoms with Gasteiger partial charge in [0.15, 0.2) is 0 Å². The lowest BCUT2D eigenvalue weighted by molar-refractivity contribution is -0.142. The van der Waals surface area contributed by atoms with Gasteiger partial charge in [0.2, 0.25) is 0 Å². The molecule has 184 valence electrons. The molecule has 0 aliphatic rings. The van der Waals surface area contributed by atoms with Crippen LogP contribution in [0.2, 0.25) is 0 Å². The quantitative estimate of drug-likeness (QED) is 0.274. The van der Waals surface area contributed by atoms with Crippen molar-refractivity contribution in [3.8, 4) is 16.4 Å². The summed E-state index contributed by atoms with van der Waals surface area (Å²) in [6.07, 6.45) is -5.46. The molecule has 0 amide bonds. The van der Waals surface area contributed by atoms with Gasteiger partial charge in [-0.2, -0.15) is 31.4 Å². The summed E-state index contributed by atoms with van der Waals surface area (Å²) < 4.78 is 81.8. The normalized spacial score (nSPS) is 12.2. The molecule has 0 bridgehead atoms. The van der Waals surface area contributed by atoms with Gasteiger partial charge >= 0.3 is 12.4 Å². The zero-order chi connectivity index (χ0) is 25.4. The summed E-state index contributed by atoms with van der Waals surface area (Å²) in [5.41, 5.74) is -1.01. The van der Waals surface area contributed by atoms with E-state index in [0.29, 0.717) is 46.6 Å². The molecule has 5 nitrogen and oxygen atoms in total. The first-order valence-corrected chi connectivity index (χ1v) is 11.4. The van der Waals surface area contributed by atoms with Crippen molar-refractivity contribution in [1.29, 1.82) is 0 Å². The average Bonchev–Trinajstić information content (AvgIpc) is 3.46. The zero-order valence-electron chi connectivity index (χ0n) is 18.5. The first-order valence-electron chi connectivity index (χ1n) is 10.5. The monoisotopic (exact) mass is 511 g/mol. The van der Waals surface area contributed by atoms with Crippen LogP contribution in [0.15, 0.2) is 48.1 Å². The summed E-state index contributed by atoms with van der Waals surface area (Å²) >= 11 is 1.42. The van der Waals surface area contributed by atoms with E-state index >= 15 is 0 Å². The fourth-order valence-corrected chi connectivity index (χ4v) is 4.20. The molecule has 1 N–H and O–H groups in total. The number of rotatable bonds is 6. The van der Waals surface area contributed by atoms with E-state index in [2.05, 4.69) is 20.4 Å². The highest BCUT2D eigenvalue weighted by atomic mass is 32.1. The molecule has 12 heteroatoms.